The third-order valence-corrected chi connectivity index (χ3v) is 4.39. The van der Waals surface area contributed by atoms with E-state index in [2.05, 4.69) is 15.2 Å². The van der Waals surface area contributed by atoms with Gasteiger partial charge in [-0.3, -0.25) is 20.0 Å². The van der Waals surface area contributed by atoms with E-state index in [1.165, 1.54) is 32.4 Å². The third kappa shape index (κ3) is 2.72. The monoisotopic (exact) mass is 278 g/mol. The van der Waals surface area contributed by atoms with E-state index in [0.717, 1.165) is 13.1 Å². The predicted octanol–water partition coefficient (Wildman–Crippen LogP) is 0.553. The topological polar surface area (TPSA) is 74.7 Å². The van der Waals surface area contributed by atoms with Crippen molar-refractivity contribution in [3.63, 3.8) is 0 Å². The van der Waals surface area contributed by atoms with Gasteiger partial charge in [-0.25, -0.2) is 5.84 Å². The van der Waals surface area contributed by atoms with Crippen LogP contribution >= 0.6 is 0 Å². The Balaban J connectivity index is 1.59. The van der Waals surface area contributed by atoms with Crippen LogP contribution in [0.1, 0.15) is 35.4 Å². The molecule has 2 aliphatic rings. The van der Waals surface area contributed by atoms with Gasteiger partial charge in [0.05, 0.1) is 18.4 Å². The van der Waals surface area contributed by atoms with Crippen molar-refractivity contribution in [2.45, 2.75) is 31.8 Å². The Hall–Kier alpha value is -1.37. The summed E-state index contributed by atoms with van der Waals surface area (Å²) in [4.78, 5) is 16.6. The SMILES string of the molecule is NNC(=O)c1ccoc1CN1CCC(N2CCCC2)C1. The molecule has 2 aliphatic heterocycles. The molecule has 2 fully saturated rings. The van der Waals surface area contributed by atoms with Crippen LogP contribution in [0.4, 0.5) is 0 Å². The molecule has 0 aromatic carbocycles. The van der Waals surface area contributed by atoms with E-state index >= 15 is 0 Å². The number of hydrazine groups is 1. The van der Waals surface area contributed by atoms with Crippen LogP contribution in [-0.2, 0) is 6.54 Å². The van der Waals surface area contributed by atoms with E-state index in [4.69, 9.17) is 10.3 Å². The smallest absolute Gasteiger partial charge is 0.268 e. The summed E-state index contributed by atoms with van der Waals surface area (Å²) >= 11 is 0. The minimum atomic E-state index is -0.288. The van der Waals surface area contributed by atoms with Gasteiger partial charge in [0.1, 0.15) is 5.76 Å². The molecule has 2 saturated heterocycles. The van der Waals surface area contributed by atoms with Crippen molar-refractivity contribution >= 4 is 5.91 Å². The highest BCUT2D eigenvalue weighted by atomic mass is 16.3. The Kier molecular flexibility index (Phi) is 4.05. The number of hydrogen-bond donors (Lipinski definition) is 2. The van der Waals surface area contributed by atoms with Gasteiger partial charge in [-0.15, -0.1) is 0 Å². The first-order valence-corrected chi connectivity index (χ1v) is 7.31. The van der Waals surface area contributed by atoms with Gasteiger partial charge in [-0.2, -0.15) is 0 Å². The molecule has 0 radical (unpaired) electrons. The minimum absolute atomic E-state index is 0.288. The van der Waals surface area contributed by atoms with Gasteiger partial charge in [0.15, 0.2) is 0 Å². The summed E-state index contributed by atoms with van der Waals surface area (Å²) in [6.45, 7) is 5.27. The molecule has 0 saturated carbocycles. The first-order chi connectivity index (χ1) is 9.78. The molecule has 3 heterocycles. The second-order valence-corrected chi connectivity index (χ2v) is 5.65. The second kappa shape index (κ2) is 5.95. The zero-order valence-electron chi connectivity index (χ0n) is 11.7. The standard InChI is InChI=1S/C14H22N4O2/c15-16-14(19)12-4-8-20-13(12)10-17-7-3-11(9-17)18-5-1-2-6-18/h4,8,11H,1-3,5-7,9-10,15H2,(H,16,19). The van der Waals surface area contributed by atoms with Gasteiger partial charge in [0, 0.05) is 19.1 Å². The van der Waals surface area contributed by atoms with Crippen molar-refractivity contribution in [2.24, 2.45) is 5.84 Å². The Labute approximate surface area is 118 Å². The van der Waals surface area contributed by atoms with E-state index in [1.807, 2.05) is 0 Å². The maximum Gasteiger partial charge on any atom is 0.268 e. The van der Waals surface area contributed by atoms with Crippen LogP contribution in [0, 0.1) is 0 Å². The summed E-state index contributed by atoms with van der Waals surface area (Å²) < 4.78 is 5.44. The second-order valence-electron chi connectivity index (χ2n) is 5.65. The van der Waals surface area contributed by atoms with Crippen LogP contribution < -0.4 is 11.3 Å². The van der Waals surface area contributed by atoms with Crippen LogP contribution in [0.3, 0.4) is 0 Å². The fourth-order valence-corrected chi connectivity index (χ4v) is 3.31. The summed E-state index contributed by atoms with van der Waals surface area (Å²) in [5, 5.41) is 0. The number of nitrogens with zero attached hydrogens (tertiary/aromatic N) is 2. The highest BCUT2D eigenvalue weighted by molar-refractivity contribution is 5.94. The Morgan fingerprint density at radius 2 is 2.20 bits per heavy atom. The number of nitrogen functional groups attached to an aromatic ring is 1. The number of nitrogens with one attached hydrogen (secondary N) is 1. The van der Waals surface area contributed by atoms with Crippen molar-refractivity contribution < 1.29 is 9.21 Å². The number of furan rings is 1. The summed E-state index contributed by atoms with van der Waals surface area (Å²) in [7, 11) is 0. The summed E-state index contributed by atoms with van der Waals surface area (Å²) in [6.07, 6.45) is 5.41. The zero-order valence-corrected chi connectivity index (χ0v) is 11.7. The van der Waals surface area contributed by atoms with Crippen molar-refractivity contribution in [3.8, 4) is 0 Å². The number of likely N-dealkylation sites (tertiary alicyclic amines) is 2. The van der Waals surface area contributed by atoms with Crippen molar-refractivity contribution in [2.75, 3.05) is 26.2 Å². The molecule has 6 heteroatoms. The molecule has 3 rings (SSSR count). The molecule has 0 aliphatic carbocycles. The summed E-state index contributed by atoms with van der Waals surface area (Å²) in [5.74, 6) is 5.60. The van der Waals surface area contributed by atoms with Crippen LogP contribution in [0.25, 0.3) is 0 Å². The first-order valence-electron chi connectivity index (χ1n) is 7.31. The normalized spacial score (nSPS) is 24.4. The number of rotatable bonds is 4. The van der Waals surface area contributed by atoms with Gasteiger partial charge in [-0.1, -0.05) is 0 Å². The first kappa shape index (κ1) is 13.6. The molecule has 6 nitrogen and oxygen atoms in total. The van der Waals surface area contributed by atoms with Crippen LogP contribution in [0.2, 0.25) is 0 Å². The Bertz CT molecular complexity index is 467. The van der Waals surface area contributed by atoms with Gasteiger partial charge in [0.2, 0.25) is 0 Å². The number of nitrogens with two attached hydrogens (primary N) is 1. The molecule has 0 spiro atoms. The maximum absolute atomic E-state index is 11.6. The quantitative estimate of drug-likeness (QED) is 0.478. The molecule has 1 unspecified atom stereocenters. The van der Waals surface area contributed by atoms with E-state index in [0.29, 0.717) is 23.9 Å². The number of amides is 1. The third-order valence-electron chi connectivity index (χ3n) is 4.39. The molecule has 0 bridgehead atoms. The van der Waals surface area contributed by atoms with Crippen molar-refractivity contribution in [1.82, 2.24) is 15.2 Å². The molecule has 1 atom stereocenters. The maximum atomic E-state index is 11.6. The Morgan fingerprint density at radius 1 is 1.40 bits per heavy atom. The van der Waals surface area contributed by atoms with Crippen molar-refractivity contribution in [3.05, 3.63) is 23.7 Å². The minimum Gasteiger partial charge on any atom is -0.467 e. The van der Waals surface area contributed by atoms with Crippen LogP contribution in [0.15, 0.2) is 16.7 Å². The fraction of sp³-hybridized carbons (Fsp3) is 0.643. The number of carbonyl (C=O) groups is 1. The van der Waals surface area contributed by atoms with Crippen molar-refractivity contribution in [1.29, 1.82) is 0 Å². The van der Waals surface area contributed by atoms with E-state index in [9.17, 15) is 4.79 Å². The average Bonchev–Trinajstić information content (AvgIpc) is 3.19. The van der Waals surface area contributed by atoms with Gasteiger partial charge >= 0.3 is 0 Å². The summed E-state index contributed by atoms with van der Waals surface area (Å²) in [6, 6.07) is 2.34. The molecular formula is C14H22N4O2. The fourth-order valence-electron chi connectivity index (χ4n) is 3.31. The van der Waals surface area contributed by atoms with E-state index in [-0.39, 0.29) is 5.91 Å². The highest BCUT2D eigenvalue weighted by Crippen LogP contribution is 2.23. The zero-order chi connectivity index (χ0) is 13.9. The molecule has 3 N–H and O–H groups in total. The largest absolute Gasteiger partial charge is 0.467 e. The summed E-state index contributed by atoms with van der Waals surface area (Å²) in [5.41, 5.74) is 2.70. The lowest BCUT2D eigenvalue weighted by molar-refractivity contribution is 0.0950. The van der Waals surface area contributed by atoms with Crippen LogP contribution in [0.5, 0.6) is 0 Å². The molecule has 1 aromatic heterocycles. The Morgan fingerprint density at radius 3 is 2.95 bits per heavy atom. The van der Waals surface area contributed by atoms with Crippen LogP contribution in [-0.4, -0.2) is 47.9 Å². The molecular weight excluding hydrogens is 256 g/mol. The molecule has 1 amide bonds. The predicted molar refractivity (Wildman–Crippen MR) is 74.9 cm³/mol. The lowest BCUT2D eigenvalue weighted by Gasteiger charge is -2.23. The van der Waals surface area contributed by atoms with Gasteiger partial charge in [-0.05, 0) is 38.4 Å². The molecule has 1 aromatic rings. The lowest BCUT2D eigenvalue weighted by Crippen LogP contribution is -2.35. The highest BCUT2D eigenvalue weighted by Gasteiger charge is 2.30. The average molecular weight is 278 g/mol. The van der Waals surface area contributed by atoms with Gasteiger partial charge < -0.3 is 4.42 Å². The van der Waals surface area contributed by atoms with E-state index < -0.39 is 0 Å². The number of hydrogen-bond acceptors (Lipinski definition) is 5. The lowest BCUT2D eigenvalue weighted by atomic mass is 10.2. The van der Waals surface area contributed by atoms with Gasteiger partial charge in [0.25, 0.3) is 5.91 Å². The molecule has 110 valence electrons. The van der Waals surface area contributed by atoms with E-state index in [1.54, 1.807) is 12.3 Å². The molecule has 20 heavy (non-hydrogen) atoms. The number of carbonyl (C=O) groups excluding carboxylic acids is 1.